The summed E-state index contributed by atoms with van der Waals surface area (Å²) < 4.78 is 15.8. The molecule has 1 fully saturated rings. The molecule has 1 heterocycles. The van der Waals surface area contributed by atoms with E-state index in [1.807, 2.05) is 25.1 Å². The molecule has 1 saturated heterocycles. The SMILES string of the molecule is CCCOc1ccc(C=CC(=O)N2CCC(C(=O)OC)CC2)cc1OC. The van der Waals surface area contributed by atoms with Crippen molar-refractivity contribution in [3.8, 4) is 11.5 Å². The number of carbonyl (C=O) groups excluding carboxylic acids is 2. The fourth-order valence-corrected chi connectivity index (χ4v) is 2.89. The van der Waals surface area contributed by atoms with Gasteiger partial charge >= 0.3 is 5.97 Å². The van der Waals surface area contributed by atoms with E-state index < -0.39 is 0 Å². The zero-order valence-electron chi connectivity index (χ0n) is 15.7. The van der Waals surface area contributed by atoms with E-state index in [1.54, 1.807) is 24.2 Å². The molecule has 1 aromatic carbocycles. The van der Waals surface area contributed by atoms with Gasteiger partial charge in [0.25, 0.3) is 0 Å². The summed E-state index contributed by atoms with van der Waals surface area (Å²) in [6.45, 7) is 3.81. The number of likely N-dealkylation sites (tertiary alicyclic amines) is 1. The Hall–Kier alpha value is -2.50. The average molecular weight is 361 g/mol. The number of ether oxygens (including phenoxy) is 3. The molecular weight excluding hydrogens is 334 g/mol. The molecule has 0 bridgehead atoms. The molecule has 0 radical (unpaired) electrons. The molecule has 0 unspecified atom stereocenters. The molecule has 1 amide bonds. The lowest BCUT2D eigenvalue weighted by Gasteiger charge is -2.29. The second-order valence-electron chi connectivity index (χ2n) is 6.21. The van der Waals surface area contributed by atoms with E-state index in [-0.39, 0.29) is 17.8 Å². The fourth-order valence-electron chi connectivity index (χ4n) is 2.89. The summed E-state index contributed by atoms with van der Waals surface area (Å²) in [5, 5.41) is 0. The van der Waals surface area contributed by atoms with Crippen LogP contribution in [-0.4, -0.2) is 50.7 Å². The molecule has 0 aromatic heterocycles. The highest BCUT2D eigenvalue weighted by Gasteiger charge is 2.26. The van der Waals surface area contributed by atoms with Crippen LogP contribution >= 0.6 is 0 Å². The molecule has 0 N–H and O–H groups in total. The van der Waals surface area contributed by atoms with Gasteiger partial charge in [-0.25, -0.2) is 0 Å². The maximum absolute atomic E-state index is 12.3. The zero-order chi connectivity index (χ0) is 18.9. The molecule has 0 saturated carbocycles. The quantitative estimate of drug-likeness (QED) is 0.552. The highest BCUT2D eigenvalue weighted by molar-refractivity contribution is 5.92. The molecule has 6 nitrogen and oxygen atoms in total. The van der Waals surface area contributed by atoms with Crippen LogP contribution in [-0.2, 0) is 14.3 Å². The van der Waals surface area contributed by atoms with Gasteiger partial charge in [-0.3, -0.25) is 9.59 Å². The number of methoxy groups -OCH3 is 2. The van der Waals surface area contributed by atoms with E-state index in [0.717, 1.165) is 12.0 Å². The van der Waals surface area contributed by atoms with Gasteiger partial charge in [0.1, 0.15) is 0 Å². The van der Waals surface area contributed by atoms with Crippen molar-refractivity contribution >= 4 is 18.0 Å². The number of hydrogen-bond donors (Lipinski definition) is 0. The minimum absolute atomic E-state index is 0.0569. The van der Waals surface area contributed by atoms with Gasteiger partial charge in [0.15, 0.2) is 11.5 Å². The summed E-state index contributed by atoms with van der Waals surface area (Å²) in [7, 11) is 2.99. The zero-order valence-corrected chi connectivity index (χ0v) is 15.7. The fraction of sp³-hybridized carbons (Fsp3) is 0.500. The summed E-state index contributed by atoms with van der Waals surface area (Å²) in [5.74, 6) is 0.992. The van der Waals surface area contributed by atoms with Crippen LogP contribution in [0, 0.1) is 5.92 Å². The first kappa shape index (κ1) is 19.8. The third kappa shape index (κ3) is 5.25. The monoisotopic (exact) mass is 361 g/mol. The molecule has 26 heavy (non-hydrogen) atoms. The van der Waals surface area contributed by atoms with E-state index in [4.69, 9.17) is 14.2 Å². The van der Waals surface area contributed by atoms with Crippen molar-refractivity contribution in [1.82, 2.24) is 4.90 Å². The summed E-state index contributed by atoms with van der Waals surface area (Å²) in [4.78, 5) is 25.6. The minimum atomic E-state index is -0.190. The largest absolute Gasteiger partial charge is 0.493 e. The van der Waals surface area contributed by atoms with Gasteiger partial charge in [-0.05, 0) is 43.0 Å². The number of nitrogens with zero attached hydrogens (tertiary/aromatic N) is 1. The lowest BCUT2D eigenvalue weighted by Crippen LogP contribution is -2.39. The molecule has 1 aliphatic heterocycles. The van der Waals surface area contributed by atoms with E-state index >= 15 is 0 Å². The molecular formula is C20H27NO5. The number of carbonyl (C=O) groups is 2. The number of rotatable bonds is 7. The Morgan fingerprint density at radius 1 is 1.19 bits per heavy atom. The molecule has 1 aliphatic rings. The van der Waals surface area contributed by atoms with Gasteiger partial charge in [-0.1, -0.05) is 13.0 Å². The van der Waals surface area contributed by atoms with E-state index in [9.17, 15) is 9.59 Å². The second kappa shape index (κ2) is 9.85. The van der Waals surface area contributed by atoms with Gasteiger partial charge in [-0.15, -0.1) is 0 Å². The van der Waals surface area contributed by atoms with Crippen molar-refractivity contribution in [2.45, 2.75) is 26.2 Å². The standard InChI is InChI=1S/C20H27NO5/c1-4-13-26-17-7-5-15(14-18(17)24-2)6-8-19(22)21-11-9-16(10-12-21)20(23)25-3/h5-8,14,16H,4,9-13H2,1-3H3. The summed E-state index contributed by atoms with van der Waals surface area (Å²) in [6.07, 6.45) is 5.53. The van der Waals surface area contributed by atoms with Crippen LogP contribution in [0.4, 0.5) is 0 Å². The van der Waals surface area contributed by atoms with Gasteiger partial charge in [0, 0.05) is 19.2 Å². The molecule has 0 atom stereocenters. The van der Waals surface area contributed by atoms with Crippen molar-refractivity contribution in [2.24, 2.45) is 5.92 Å². The number of benzene rings is 1. The topological polar surface area (TPSA) is 65.1 Å². The molecule has 0 spiro atoms. The Kier molecular flexibility index (Phi) is 7.51. The predicted octanol–water partition coefficient (Wildman–Crippen LogP) is 2.91. The molecule has 2 rings (SSSR count). The first-order valence-electron chi connectivity index (χ1n) is 8.94. The Balaban J connectivity index is 1.94. The maximum Gasteiger partial charge on any atom is 0.308 e. The molecule has 6 heteroatoms. The smallest absolute Gasteiger partial charge is 0.308 e. The van der Waals surface area contributed by atoms with E-state index in [1.165, 1.54) is 7.11 Å². The number of amides is 1. The van der Waals surface area contributed by atoms with Crippen molar-refractivity contribution in [1.29, 1.82) is 0 Å². The molecule has 1 aromatic rings. The average Bonchev–Trinajstić information content (AvgIpc) is 2.70. The highest BCUT2D eigenvalue weighted by Crippen LogP contribution is 2.28. The predicted molar refractivity (Wildman–Crippen MR) is 99.1 cm³/mol. The van der Waals surface area contributed by atoms with E-state index in [2.05, 4.69) is 0 Å². The first-order chi connectivity index (χ1) is 12.6. The van der Waals surface area contributed by atoms with Gasteiger partial charge in [0.2, 0.25) is 5.91 Å². The number of piperidine rings is 1. The van der Waals surface area contributed by atoms with Crippen molar-refractivity contribution in [3.63, 3.8) is 0 Å². The van der Waals surface area contributed by atoms with Crippen molar-refractivity contribution in [3.05, 3.63) is 29.8 Å². The number of esters is 1. The highest BCUT2D eigenvalue weighted by atomic mass is 16.5. The maximum atomic E-state index is 12.3. The lowest BCUT2D eigenvalue weighted by molar-refractivity contribution is -0.148. The number of hydrogen-bond acceptors (Lipinski definition) is 5. The van der Waals surface area contributed by atoms with Gasteiger partial charge in [-0.2, -0.15) is 0 Å². The van der Waals surface area contributed by atoms with Crippen molar-refractivity contribution in [2.75, 3.05) is 33.9 Å². The van der Waals surface area contributed by atoms with Crippen LogP contribution in [0.1, 0.15) is 31.7 Å². The van der Waals surface area contributed by atoms with Gasteiger partial charge in [0.05, 0.1) is 26.7 Å². The third-order valence-electron chi connectivity index (χ3n) is 4.41. The van der Waals surface area contributed by atoms with Crippen LogP contribution in [0.25, 0.3) is 6.08 Å². The Labute approximate surface area is 154 Å². The lowest BCUT2D eigenvalue weighted by atomic mass is 9.97. The van der Waals surface area contributed by atoms with E-state index in [0.29, 0.717) is 44.0 Å². The third-order valence-corrected chi connectivity index (χ3v) is 4.41. The summed E-state index contributed by atoms with van der Waals surface area (Å²) in [5.41, 5.74) is 0.864. The summed E-state index contributed by atoms with van der Waals surface area (Å²) >= 11 is 0. The Bertz CT molecular complexity index is 648. The Morgan fingerprint density at radius 3 is 2.54 bits per heavy atom. The van der Waals surface area contributed by atoms with Crippen LogP contribution in [0.2, 0.25) is 0 Å². The normalized spacial score (nSPS) is 15.1. The van der Waals surface area contributed by atoms with Crippen LogP contribution in [0.15, 0.2) is 24.3 Å². The minimum Gasteiger partial charge on any atom is -0.493 e. The van der Waals surface area contributed by atoms with Gasteiger partial charge < -0.3 is 19.1 Å². The van der Waals surface area contributed by atoms with Crippen LogP contribution < -0.4 is 9.47 Å². The summed E-state index contributed by atoms with van der Waals surface area (Å²) in [6, 6.07) is 5.58. The second-order valence-corrected chi connectivity index (χ2v) is 6.21. The first-order valence-corrected chi connectivity index (χ1v) is 8.94. The van der Waals surface area contributed by atoms with Crippen LogP contribution in [0.5, 0.6) is 11.5 Å². The van der Waals surface area contributed by atoms with Crippen LogP contribution in [0.3, 0.4) is 0 Å². The van der Waals surface area contributed by atoms with Crippen molar-refractivity contribution < 1.29 is 23.8 Å². The molecule has 0 aliphatic carbocycles. The Morgan fingerprint density at radius 2 is 1.92 bits per heavy atom. The molecule has 142 valence electrons.